The predicted molar refractivity (Wildman–Crippen MR) is 121 cm³/mol. The first-order valence-electron chi connectivity index (χ1n) is 11.3. The Hall–Kier alpha value is -2.20. The summed E-state index contributed by atoms with van der Waals surface area (Å²) in [6, 6.07) is 14.4. The van der Waals surface area contributed by atoms with Crippen LogP contribution in [0.3, 0.4) is 0 Å². The Morgan fingerprint density at radius 2 is 1.77 bits per heavy atom. The second-order valence-corrected chi connectivity index (χ2v) is 9.19. The molecule has 1 fully saturated rings. The minimum Gasteiger partial charge on any atom is -0.508 e. The first-order chi connectivity index (χ1) is 14.4. The molecule has 0 spiro atoms. The number of rotatable bonds is 7. The van der Waals surface area contributed by atoms with Crippen molar-refractivity contribution in [2.24, 2.45) is 5.41 Å². The van der Waals surface area contributed by atoms with Crippen LogP contribution >= 0.6 is 0 Å². The van der Waals surface area contributed by atoms with Gasteiger partial charge in [-0.15, -0.1) is 0 Å². The molecule has 0 amide bonds. The zero-order valence-corrected chi connectivity index (χ0v) is 18.8. The van der Waals surface area contributed by atoms with Crippen molar-refractivity contribution in [3.8, 4) is 17.2 Å². The molecule has 2 aliphatic rings. The van der Waals surface area contributed by atoms with E-state index in [9.17, 15) is 5.11 Å². The van der Waals surface area contributed by atoms with E-state index in [4.69, 9.17) is 9.47 Å². The second kappa shape index (κ2) is 8.14. The summed E-state index contributed by atoms with van der Waals surface area (Å²) in [4.78, 5) is 2.58. The van der Waals surface area contributed by atoms with Crippen LogP contribution < -0.4 is 9.47 Å². The smallest absolute Gasteiger partial charge is 0.161 e. The molecule has 30 heavy (non-hydrogen) atoms. The zero-order chi connectivity index (χ0) is 21.4. The van der Waals surface area contributed by atoms with E-state index in [1.807, 2.05) is 43.3 Å². The van der Waals surface area contributed by atoms with Gasteiger partial charge < -0.3 is 14.6 Å². The molecule has 2 aromatic rings. The van der Waals surface area contributed by atoms with E-state index in [0.29, 0.717) is 25.0 Å². The number of fused-ring (bicyclic) bond motifs is 4. The van der Waals surface area contributed by atoms with E-state index < -0.39 is 0 Å². The molecule has 1 aliphatic carbocycles. The molecule has 2 unspecified atom stereocenters. The van der Waals surface area contributed by atoms with Crippen LogP contribution in [0, 0.1) is 5.41 Å². The number of phenols is 1. The van der Waals surface area contributed by atoms with E-state index in [1.54, 1.807) is 0 Å². The average molecular weight is 410 g/mol. The first kappa shape index (κ1) is 21.0. The van der Waals surface area contributed by atoms with E-state index in [-0.39, 0.29) is 10.8 Å². The summed E-state index contributed by atoms with van der Waals surface area (Å²) < 4.78 is 11.8. The van der Waals surface area contributed by atoms with Gasteiger partial charge in [0.05, 0.1) is 6.61 Å². The van der Waals surface area contributed by atoms with E-state index >= 15 is 0 Å². The fraction of sp³-hybridized carbons (Fsp3) is 0.538. The van der Waals surface area contributed by atoms with Crippen molar-refractivity contribution in [2.45, 2.75) is 58.4 Å². The molecular weight excluding hydrogens is 374 g/mol. The number of hydrogen-bond acceptors (Lipinski definition) is 4. The first-order valence-corrected chi connectivity index (χ1v) is 11.3. The molecule has 1 N–H and O–H groups in total. The van der Waals surface area contributed by atoms with Gasteiger partial charge in [0.1, 0.15) is 12.4 Å². The number of phenolic OH excluding ortho intramolecular Hbond substituents is 1. The Morgan fingerprint density at radius 3 is 2.47 bits per heavy atom. The molecule has 2 atom stereocenters. The molecule has 0 radical (unpaired) electrons. The van der Waals surface area contributed by atoms with Gasteiger partial charge in [-0.3, -0.25) is 4.90 Å². The maximum absolute atomic E-state index is 10.6. The fourth-order valence-corrected chi connectivity index (χ4v) is 6.09. The third kappa shape index (κ3) is 3.26. The number of hydrogen-bond donors (Lipinski definition) is 1. The summed E-state index contributed by atoms with van der Waals surface area (Å²) >= 11 is 0. The minimum absolute atomic E-state index is 0.114. The lowest BCUT2D eigenvalue weighted by Crippen LogP contribution is -2.65. The van der Waals surface area contributed by atoms with Gasteiger partial charge in [0, 0.05) is 18.0 Å². The van der Waals surface area contributed by atoms with Crippen molar-refractivity contribution in [3.63, 3.8) is 0 Å². The van der Waals surface area contributed by atoms with Gasteiger partial charge in [-0.05, 0) is 67.5 Å². The van der Waals surface area contributed by atoms with Gasteiger partial charge in [0.25, 0.3) is 0 Å². The Bertz CT molecular complexity index is 894. The summed E-state index contributed by atoms with van der Waals surface area (Å²) in [6.07, 6.45) is 3.10. The third-order valence-corrected chi connectivity index (χ3v) is 7.79. The van der Waals surface area contributed by atoms with Gasteiger partial charge in [-0.2, -0.15) is 0 Å². The average Bonchev–Trinajstić information content (AvgIpc) is 2.72. The number of nitrogens with zero attached hydrogens (tertiary/aromatic N) is 1. The van der Waals surface area contributed by atoms with Crippen LogP contribution in [-0.2, 0) is 11.8 Å². The summed E-state index contributed by atoms with van der Waals surface area (Å²) in [7, 11) is 0. The van der Waals surface area contributed by atoms with Crippen molar-refractivity contribution >= 4 is 0 Å². The highest BCUT2D eigenvalue weighted by molar-refractivity contribution is 5.49. The largest absolute Gasteiger partial charge is 0.508 e. The van der Waals surface area contributed by atoms with Crippen molar-refractivity contribution < 1.29 is 14.6 Å². The topological polar surface area (TPSA) is 41.9 Å². The van der Waals surface area contributed by atoms with Crippen LogP contribution in [0.15, 0.2) is 42.5 Å². The lowest BCUT2D eigenvalue weighted by molar-refractivity contribution is -0.0522. The highest BCUT2D eigenvalue weighted by Gasteiger charge is 2.57. The highest BCUT2D eigenvalue weighted by atomic mass is 16.5. The number of para-hydroxylation sites is 2. The van der Waals surface area contributed by atoms with Crippen molar-refractivity contribution in [1.82, 2.24) is 4.90 Å². The van der Waals surface area contributed by atoms with Crippen molar-refractivity contribution in [3.05, 3.63) is 53.6 Å². The van der Waals surface area contributed by atoms with Crippen LogP contribution in [-0.4, -0.2) is 42.4 Å². The zero-order valence-electron chi connectivity index (χ0n) is 18.8. The molecule has 4 heteroatoms. The number of aromatic hydroxyl groups is 1. The monoisotopic (exact) mass is 409 g/mol. The minimum atomic E-state index is 0.114. The molecule has 4 rings (SSSR count). The standard InChI is InChI=1S/C26H35NO3/c1-5-26-14-15-27(16-17-30-23-13-8-7-12-22(23)29-6-2)24(25(26,3)4)18-19-20(26)10-9-11-21(19)28/h7-13,24,28H,5-6,14-18H2,1-4H3. The normalized spacial score (nSPS) is 24.9. The molecule has 2 bridgehead atoms. The molecule has 0 saturated carbocycles. The SMILES string of the molecule is CCOc1ccccc1OCCN1CCC2(CC)c3cccc(O)c3CC1C2(C)C. The van der Waals surface area contributed by atoms with Crippen LogP contribution in [0.5, 0.6) is 17.2 Å². The molecular formula is C26H35NO3. The van der Waals surface area contributed by atoms with Gasteiger partial charge in [-0.1, -0.05) is 45.0 Å². The van der Waals surface area contributed by atoms with Gasteiger partial charge in [0.15, 0.2) is 11.5 Å². The van der Waals surface area contributed by atoms with E-state index in [1.165, 1.54) is 5.56 Å². The Balaban J connectivity index is 1.54. The number of likely N-dealkylation sites (tertiary alicyclic amines) is 1. The number of piperidine rings is 1. The Morgan fingerprint density at radius 1 is 1.03 bits per heavy atom. The summed E-state index contributed by atoms with van der Waals surface area (Å²) in [6.45, 7) is 12.3. The molecule has 1 heterocycles. The molecule has 1 aliphatic heterocycles. The maximum atomic E-state index is 10.6. The van der Waals surface area contributed by atoms with Crippen LogP contribution in [0.4, 0.5) is 0 Å². The van der Waals surface area contributed by atoms with Crippen LogP contribution in [0.25, 0.3) is 0 Å². The van der Waals surface area contributed by atoms with Gasteiger partial charge >= 0.3 is 0 Å². The van der Waals surface area contributed by atoms with Crippen molar-refractivity contribution in [1.29, 1.82) is 0 Å². The van der Waals surface area contributed by atoms with E-state index in [0.717, 1.165) is 49.4 Å². The number of benzene rings is 2. The summed E-state index contributed by atoms with van der Waals surface area (Å²) in [5.41, 5.74) is 2.76. The van der Waals surface area contributed by atoms with E-state index in [2.05, 4.69) is 31.7 Å². The Labute approximate surface area is 180 Å². The molecule has 0 aromatic heterocycles. The maximum Gasteiger partial charge on any atom is 0.161 e. The van der Waals surface area contributed by atoms with Crippen molar-refractivity contribution in [2.75, 3.05) is 26.3 Å². The molecule has 4 nitrogen and oxygen atoms in total. The van der Waals surface area contributed by atoms with Crippen LogP contribution in [0.1, 0.15) is 51.7 Å². The highest BCUT2D eigenvalue weighted by Crippen LogP contribution is 2.58. The quantitative estimate of drug-likeness (QED) is 0.685. The van der Waals surface area contributed by atoms with Gasteiger partial charge in [-0.25, -0.2) is 0 Å². The molecule has 2 aromatic carbocycles. The molecule has 1 saturated heterocycles. The van der Waals surface area contributed by atoms with Crippen LogP contribution in [0.2, 0.25) is 0 Å². The lowest BCUT2D eigenvalue weighted by Gasteiger charge is -2.62. The predicted octanol–water partition coefficient (Wildman–Crippen LogP) is 5.17. The summed E-state index contributed by atoms with van der Waals surface area (Å²) in [5, 5.41) is 10.6. The Kier molecular flexibility index (Phi) is 5.71. The second-order valence-electron chi connectivity index (χ2n) is 9.19. The van der Waals surface area contributed by atoms with Gasteiger partial charge in [0.2, 0.25) is 0 Å². The fourth-order valence-electron chi connectivity index (χ4n) is 6.09. The molecule has 162 valence electrons. The number of ether oxygens (including phenoxy) is 2. The summed E-state index contributed by atoms with van der Waals surface area (Å²) in [5.74, 6) is 2.07. The lowest BCUT2D eigenvalue weighted by atomic mass is 9.49. The third-order valence-electron chi connectivity index (χ3n) is 7.79.